The topological polar surface area (TPSA) is 43.9 Å². The van der Waals surface area contributed by atoms with Gasteiger partial charge in [-0.3, -0.25) is 9.59 Å². The molecule has 2 aromatic rings. The van der Waals surface area contributed by atoms with E-state index in [9.17, 15) is 9.59 Å². The summed E-state index contributed by atoms with van der Waals surface area (Å²) < 4.78 is 0. The normalized spacial score (nSPS) is 15.3. The van der Waals surface area contributed by atoms with E-state index in [-0.39, 0.29) is 24.3 Å². The van der Waals surface area contributed by atoms with E-state index in [2.05, 4.69) is 4.90 Å². The van der Waals surface area contributed by atoms with Gasteiger partial charge in [-0.15, -0.1) is 0 Å². The lowest BCUT2D eigenvalue weighted by Gasteiger charge is -2.34. The minimum Gasteiger partial charge on any atom is -0.337 e. The molecule has 1 unspecified atom stereocenters. The first-order valence-electron chi connectivity index (χ1n) is 9.98. The third-order valence-electron chi connectivity index (χ3n) is 5.22. The molecule has 0 aromatic heterocycles. The van der Waals surface area contributed by atoms with Crippen LogP contribution in [0.15, 0.2) is 60.8 Å². The van der Waals surface area contributed by atoms with Crippen molar-refractivity contribution in [3.05, 3.63) is 77.5 Å². The Balaban J connectivity index is 1.82. The van der Waals surface area contributed by atoms with Crippen LogP contribution in [0.4, 0.5) is 0 Å². The van der Waals surface area contributed by atoms with E-state index in [1.54, 1.807) is 18.0 Å². The molecule has 5 heteroatoms. The third kappa shape index (κ3) is 5.33. The molecule has 0 bridgehead atoms. The Bertz CT molecular complexity index is 877. The van der Waals surface area contributed by atoms with Gasteiger partial charge in [-0.1, -0.05) is 54.6 Å². The molecule has 1 aliphatic rings. The average Bonchev–Trinajstić information content (AvgIpc) is 2.71. The summed E-state index contributed by atoms with van der Waals surface area (Å²) in [4.78, 5) is 31.2. The smallest absolute Gasteiger partial charge is 0.225 e. The number of hydrogen-bond acceptors (Lipinski definition) is 3. The molecule has 1 atom stereocenters. The minimum absolute atomic E-state index is 0.0528. The maximum absolute atomic E-state index is 13.4. The molecular formula is C24H29N3O2. The van der Waals surface area contributed by atoms with Crippen molar-refractivity contribution in [2.45, 2.75) is 25.9 Å². The lowest BCUT2D eigenvalue weighted by Crippen LogP contribution is -2.39. The Morgan fingerprint density at radius 2 is 1.66 bits per heavy atom. The van der Waals surface area contributed by atoms with Gasteiger partial charge in [0.15, 0.2) is 0 Å². The van der Waals surface area contributed by atoms with Crippen molar-refractivity contribution in [2.24, 2.45) is 0 Å². The van der Waals surface area contributed by atoms with Gasteiger partial charge in [0.05, 0.1) is 12.5 Å². The maximum atomic E-state index is 13.4. The van der Waals surface area contributed by atoms with Crippen molar-refractivity contribution >= 4 is 17.9 Å². The van der Waals surface area contributed by atoms with Crippen LogP contribution in [-0.2, 0) is 16.1 Å². The van der Waals surface area contributed by atoms with Crippen molar-refractivity contribution in [1.82, 2.24) is 14.7 Å². The molecule has 3 rings (SSSR count). The summed E-state index contributed by atoms with van der Waals surface area (Å²) in [6, 6.07) is 17.7. The van der Waals surface area contributed by atoms with Gasteiger partial charge in [0, 0.05) is 32.8 Å². The molecule has 0 saturated heterocycles. The van der Waals surface area contributed by atoms with Gasteiger partial charge < -0.3 is 14.7 Å². The second kappa shape index (κ2) is 9.52. The first-order chi connectivity index (χ1) is 14.0. The summed E-state index contributed by atoms with van der Waals surface area (Å²) in [5.41, 5.74) is 3.18. The Morgan fingerprint density at radius 3 is 2.34 bits per heavy atom. The molecule has 0 radical (unpaired) electrons. The predicted molar refractivity (Wildman–Crippen MR) is 116 cm³/mol. The quantitative estimate of drug-likeness (QED) is 0.725. The largest absolute Gasteiger partial charge is 0.337 e. The number of carbonyl (C=O) groups excluding carboxylic acids is 2. The van der Waals surface area contributed by atoms with Crippen LogP contribution >= 0.6 is 0 Å². The van der Waals surface area contributed by atoms with Crippen molar-refractivity contribution in [3.8, 4) is 0 Å². The van der Waals surface area contributed by atoms with E-state index in [0.717, 1.165) is 23.2 Å². The molecule has 0 fully saturated rings. The lowest BCUT2D eigenvalue weighted by molar-refractivity contribution is -0.135. The molecule has 0 saturated carbocycles. The highest BCUT2D eigenvalue weighted by atomic mass is 16.2. The molecule has 2 aromatic carbocycles. The lowest BCUT2D eigenvalue weighted by atomic mass is 9.93. The minimum atomic E-state index is -0.279. The van der Waals surface area contributed by atoms with E-state index >= 15 is 0 Å². The van der Waals surface area contributed by atoms with E-state index < -0.39 is 0 Å². The van der Waals surface area contributed by atoms with Crippen LogP contribution in [0.5, 0.6) is 0 Å². The van der Waals surface area contributed by atoms with Crippen molar-refractivity contribution in [2.75, 3.05) is 27.2 Å². The Kier molecular flexibility index (Phi) is 6.83. The fourth-order valence-corrected chi connectivity index (χ4v) is 3.62. The molecule has 5 nitrogen and oxygen atoms in total. The average molecular weight is 392 g/mol. The first kappa shape index (κ1) is 20.8. The number of amides is 2. The number of hydrogen-bond donors (Lipinski definition) is 0. The number of likely N-dealkylation sites (N-methyl/N-ethyl adjacent to an activating group) is 1. The summed E-state index contributed by atoms with van der Waals surface area (Å²) in [7, 11) is 4.01. The molecule has 0 N–H and O–H groups in total. The van der Waals surface area contributed by atoms with Crippen LogP contribution in [0, 0.1) is 0 Å². The van der Waals surface area contributed by atoms with Gasteiger partial charge in [-0.05, 0) is 36.9 Å². The highest BCUT2D eigenvalue weighted by Gasteiger charge is 2.29. The van der Waals surface area contributed by atoms with Crippen molar-refractivity contribution in [3.63, 3.8) is 0 Å². The summed E-state index contributed by atoms with van der Waals surface area (Å²) in [5, 5.41) is 0. The molecule has 29 heavy (non-hydrogen) atoms. The summed E-state index contributed by atoms with van der Waals surface area (Å²) >= 11 is 0. The van der Waals surface area contributed by atoms with Crippen LogP contribution in [0.3, 0.4) is 0 Å². The Labute approximate surface area is 173 Å². The molecule has 0 spiro atoms. The van der Waals surface area contributed by atoms with Gasteiger partial charge in [0.1, 0.15) is 0 Å². The van der Waals surface area contributed by atoms with Crippen LogP contribution in [0.25, 0.3) is 6.08 Å². The zero-order chi connectivity index (χ0) is 20.8. The molecule has 0 aliphatic carbocycles. The highest BCUT2D eigenvalue weighted by Crippen LogP contribution is 2.33. The van der Waals surface area contributed by atoms with Crippen LogP contribution in [-0.4, -0.2) is 53.7 Å². The van der Waals surface area contributed by atoms with Crippen LogP contribution < -0.4 is 0 Å². The van der Waals surface area contributed by atoms with Crippen LogP contribution in [0.2, 0.25) is 0 Å². The number of benzene rings is 2. The van der Waals surface area contributed by atoms with Crippen molar-refractivity contribution in [1.29, 1.82) is 0 Å². The number of carbonyl (C=O) groups is 2. The SMILES string of the molecule is CC(=O)N1C=Cc2ccccc2C1CC(=O)N(CCN(C)C)Cc1ccccc1. The van der Waals surface area contributed by atoms with E-state index in [1.165, 1.54) is 0 Å². The molecule has 1 heterocycles. The fourth-order valence-electron chi connectivity index (χ4n) is 3.62. The van der Waals surface area contributed by atoms with E-state index in [0.29, 0.717) is 13.1 Å². The molecular weight excluding hydrogens is 362 g/mol. The highest BCUT2D eigenvalue weighted by molar-refractivity contribution is 5.82. The Morgan fingerprint density at radius 1 is 0.966 bits per heavy atom. The van der Waals surface area contributed by atoms with Gasteiger partial charge in [0.2, 0.25) is 11.8 Å². The van der Waals surface area contributed by atoms with Gasteiger partial charge >= 0.3 is 0 Å². The molecule has 1 aliphatic heterocycles. The van der Waals surface area contributed by atoms with Gasteiger partial charge in [0.25, 0.3) is 0 Å². The second-order valence-corrected chi connectivity index (χ2v) is 7.70. The standard InChI is InChI=1S/C24H29N3O2/c1-19(28)27-14-13-21-11-7-8-12-22(21)23(27)17-24(29)26(16-15-25(2)3)18-20-9-5-4-6-10-20/h4-14,23H,15-18H2,1-3H3. The predicted octanol–water partition coefficient (Wildman–Crippen LogP) is 3.54. The number of rotatable bonds is 7. The zero-order valence-electron chi connectivity index (χ0n) is 17.4. The fraction of sp³-hybridized carbons (Fsp3) is 0.333. The monoisotopic (exact) mass is 391 g/mol. The Hall–Kier alpha value is -2.92. The summed E-state index contributed by atoms with van der Waals surface area (Å²) in [5.74, 6) is -0.00601. The molecule has 2 amide bonds. The molecule has 152 valence electrons. The second-order valence-electron chi connectivity index (χ2n) is 7.70. The van der Waals surface area contributed by atoms with E-state index in [1.807, 2.05) is 79.7 Å². The van der Waals surface area contributed by atoms with Crippen molar-refractivity contribution < 1.29 is 9.59 Å². The zero-order valence-corrected chi connectivity index (χ0v) is 17.4. The number of nitrogens with zero attached hydrogens (tertiary/aromatic N) is 3. The van der Waals surface area contributed by atoms with E-state index in [4.69, 9.17) is 0 Å². The van der Waals surface area contributed by atoms with Gasteiger partial charge in [-0.25, -0.2) is 0 Å². The number of fused-ring (bicyclic) bond motifs is 1. The third-order valence-corrected chi connectivity index (χ3v) is 5.22. The summed E-state index contributed by atoms with van der Waals surface area (Å²) in [6.45, 7) is 3.54. The summed E-state index contributed by atoms with van der Waals surface area (Å²) in [6.07, 6.45) is 4.00. The maximum Gasteiger partial charge on any atom is 0.225 e. The van der Waals surface area contributed by atoms with Crippen LogP contribution in [0.1, 0.15) is 36.1 Å². The van der Waals surface area contributed by atoms with Gasteiger partial charge in [-0.2, -0.15) is 0 Å². The first-order valence-corrected chi connectivity index (χ1v) is 9.98.